The van der Waals surface area contributed by atoms with E-state index in [2.05, 4.69) is 24.1 Å². The Morgan fingerprint density at radius 1 is 1.05 bits per heavy atom. The van der Waals surface area contributed by atoms with Crippen LogP contribution in [0.25, 0.3) is 0 Å². The van der Waals surface area contributed by atoms with Gasteiger partial charge in [-0.3, -0.25) is 4.90 Å². The predicted molar refractivity (Wildman–Crippen MR) is 81.4 cm³/mol. The first-order valence-corrected chi connectivity index (χ1v) is 8.74. The molecule has 2 heteroatoms. The summed E-state index contributed by atoms with van der Waals surface area (Å²) in [5.74, 6) is 0.973. The molecule has 110 valence electrons. The average Bonchev–Trinajstić information content (AvgIpc) is 3.26. The second-order valence-electron chi connectivity index (χ2n) is 7.42. The van der Waals surface area contributed by atoms with Crippen LogP contribution in [-0.2, 0) is 0 Å². The number of nitrogens with zero attached hydrogens (tertiary/aromatic N) is 1. The van der Waals surface area contributed by atoms with Gasteiger partial charge in [-0.1, -0.05) is 32.6 Å². The smallest absolute Gasteiger partial charge is 0.0337 e. The lowest BCUT2D eigenvalue weighted by Crippen LogP contribution is -2.66. The Bertz CT molecular complexity index is 292. The number of rotatable bonds is 3. The van der Waals surface area contributed by atoms with E-state index in [1.54, 1.807) is 0 Å². The molecule has 0 radical (unpaired) electrons. The minimum absolute atomic E-state index is 0.459. The van der Waals surface area contributed by atoms with E-state index in [0.29, 0.717) is 5.54 Å². The zero-order valence-electron chi connectivity index (χ0n) is 13.0. The van der Waals surface area contributed by atoms with Crippen molar-refractivity contribution in [1.29, 1.82) is 0 Å². The largest absolute Gasteiger partial charge is 0.311 e. The van der Waals surface area contributed by atoms with Crippen LogP contribution in [0.2, 0.25) is 0 Å². The van der Waals surface area contributed by atoms with Gasteiger partial charge in [0.25, 0.3) is 0 Å². The van der Waals surface area contributed by atoms with Gasteiger partial charge in [0.2, 0.25) is 0 Å². The lowest BCUT2D eigenvalue weighted by atomic mass is 9.86. The first-order valence-electron chi connectivity index (χ1n) is 8.74. The van der Waals surface area contributed by atoms with Gasteiger partial charge in [-0.2, -0.15) is 0 Å². The molecule has 1 heterocycles. The highest BCUT2D eigenvalue weighted by molar-refractivity contribution is 5.06. The summed E-state index contributed by atoms with van der Waals surface area (Å²) in [7, 11) is 0. The fraction of sp³-hybridized carbons (Fsp3) is 1.00. The molecular weight excluding hydrogens is 232 g/mol. The molecule has 2 atom stereocenters. The van der Waals surface area contributed by atoms with Crippen LogP contribution in [0, 0.1) is 5.92 Å². The molecule has 2 unspecified atom stereocenters. The van der Waals surface area contributed by atoms with Gasteiger partial charge in [0.05, 0.1) is 0 Å². The minimum Gasteiger partial charge on any atom is -0.311 e. The lowest BCUT2D eigenvalue weighted by molar-refractivity contribution is -0.00770. The molecule has 1 N–H and O–H groups in total. The molecule has 2 nitrogen and oxygen atoms in total. The maximum Gasteiger partial charge on any atom is 0.0337 e. The maximum absolute atomic E-state index is 3.82. The summed E-state index contributed by atoms with van der Waals surface area (Å²) < 4.78 is 0. The van der Waals surface area contributed by atoms with Crippen molar-refractivity contribution in [3.63, 3.8) is 0 Å². The van der Waals surface area contributed by atoms with E-state index in [0.717, 1.165) is 18.0 Å². The van der Waals surface area contributed by atoms with E-state index in [1.807, 2.05) is 0 Å². The van der Waals surface area contributed by atoms with E-state index < -0.39 is 0 Å². The van der Waals surface area contributed by atoms with Gasteiger partial charge >= 0.3 is 0 Å². The highest BCUT2D eigenvalue weighted by Gasteiger charge is 2.49. The highest BCUT2D eigenvalue weighted by atomic mass is 15.3. The summed E-state index contributed by atoms with van der Waals surface area (Å²) in [4.78, 5) is 2.96. The van der Waals surface area contributed by atoms with Crippen molar-refractivity contribution in [1.82, 2.24) is 10.2 Å². The molecule has 3 fully saturated rings. The number of nitrogens with one attached hydrogen (secondary N) is 1. The molecule has 0 spiro atoms. The van der Waals surface area contributed by atoms with Crippen molar-refractivity contribution in [3.05, 3.63) is 0 Å². The monoisotopic (exact) mass is 264 g/mol. The van der Waals surface area contributed by atoms with Crippen LogP contribution in [0.15, 0.2) is 0 Å². The van der Waals surface area contributed by atoms with Crippen molar-refractivity contribution >= 4 is 0 Å². The standard InChI is InChI=1S/C17H32N2/c1-3-15-12-19(16-8-6-4-5-7-9-16)17(2,13-18-15)14-10-11-14/h14-16,18H,3-13H2,1-2H3. The van der Waals surface area contributed by atoms with Gasteiger partial charge in [-0.15, -0.1) is 0 Å². The zero-order valence-corrected chi connectivity index (χ0v) is 13.0. The minimum atomic E-state index is 0.459. The Balaban J connectivity index is 1.75. The predicted octanol–water partition coefficient (Wildman–Crippen LogP) is 3.56. The maximum atomic E-state index is 3.82. The first kappa shape index (κ1) is 13.9. The van der Waals surface area contributed by atoms with Crippen molar-refractivity contribution in [2.24, 2.45) is 5.92 Å². The van der Waals surface area contributed by atoms with Gasteiger partial charge in [-0.05, 0) is 44.9 Å². The van der Waals surface area contributed by atoms with Crippen LogP contribution in [0.1, 0.15) is 71.6 Å². The highest BCUT2D eigenvalue weighted by Crippen LogP contribution is 2.46. The van der Waals surface area contributed by atoms with E-state index >= 15 is 0 Å². The SMILES string of the molecule is CCC1CN(C2CCCCCC2)C(C)(C2CC2)CN1. The Morgan fingerprint density at radius 2 is 1.74 bits per heavy atom. The molecule has 0 aromatic carbocycles. The average molecular weight is 264 g/mol. The van der Waals surface area contributed by atoms with Crippen molar-refractivity contribution in [2.45, 2.75) is 89.3 Å². The fourth-order valence-electron chi connectivity index (χ4n) is 4.46. The first-order chi connectivity index (χ1) is 9.24. The Morgan fingerprint density at radius 3 is 2.32 bits per heavy atom. The molecule has 3 rings (SSSR count). The van der Waals surface area contributed by atoms with Crippen LogP contribution in [-0.4, -0.2) is 35.6 Å². The Hall–Kier alpha value is -0.0800. The molecule has 0 aromatic heterocycles. The summed E-state index contributed by atoms with van der Waals surface area (Å²) >= 11 is 0. The normalized spacial score (nSPS) is 39.2. The van der Waals surface area contributed by atoms with Crippen LogP contribution in [0.5, 0.6) is 0 Å². The summed E-state index contributed by atoms with van der Waals surface area (Å²) in [5.41, 5.74) is 0.459. The summed E-state index contributed by atoms with van der Waals surface area (Å²) in [6, 6.07) is 1.61. The van der Waals surface area contributed by atoms with Crippen LogP contribution < -0.4 is 5.32 Å². The Labute approximate surface area is 119 Å². The summed E-state index contributed by atoms with van der Waals surface area (Å²) in [6.45, 7) is 7.41. The van der Waals surface area contributed by atoms with E-state index in [4.69, 9.17) is 0 Å². The molecule has 0 bridgehead atoms. The molecule has 2 saturated carbocycles. The molecule has 19 heavy (non-hydrogen) atoms. The van der Waals surface area contributed by atoms with Gasteiger partial charge in [-0.25, -0.2) is 0 Å². The third-order valence-corrected chi connectivity index (χ3v) is 6.04. The second kappa shape index (κ2) is 5.73. The second-order valence-corrected chi connectivity index (χ2v) is 7.42. The number of piperazine rings is 1. The molecule has 1 aliphatic heterocycles. The molecule has 0 amide bonds. The van der Waals surface area contributed by atoms with Gasteiger partial charge < -0.3 is 5.32 Å². The van der Waals surface area contributed by atoms with Crippen molar-refractivity contribution in [2.75, 3.05) is 13.1 Å². The van der Waals surface area contributed by atoms with Crippen molar-refractivity contribution in [3.8, 4) is 0 Å². The quantitative estimate of drug-likeness (QED) is 0.784. The number of hydrogen-bond acceptors (Lipinski definition) is 2. The molecule has 2 aliphatic carbocycles. The van der Waals surface area contributed by atoms with Gasteiger partial charge in [0.15, 0.2) is 0 Å². The summed E-state index contributed by atoms with van der Waals surface area (Å²) in [5, 5.41) is 3.82. The van der Waals surface area contributed by atoms with E-state index in [-0.39, 0.29) is 0 Å². The third kappa shape index (κ3) is 2.85. The number of hydrogen-bond donors (Lipinski definition) is 1. The van der Waals surface area contributed by atoms with E-state index in [9.17, 15) is 0 Å². The fourth-order valence-corrected chi connectivity index (χ4v) is 4.46. The van der Waals surface area contributed by atoms with Crippen LogP contribution in [0.4, 0.5) is 0 Å². The molecular formula is C17H32N2. The van der Waals surface area contributed by atoms with E-state index in [1.165, 1.54) is 70.9 Å². The Kier molecular flexibility index (Phi) is 4.19. The van der Waals surface area contributed by atoms with Gasteiger partial charge in [0, 0.05) is 30.7 Å². The molecule has 1 saturated heterocycles. The van der Waals surface area contributed by atoms with Crippen LogP contribution in [0.3, 0.4) is 0 Å². The summed E-state index contributed by atoms with van der Waals surface area (Å²) in [6.07, 6.45) is 13.0. The lowest BCUT2D eigenvalue weighted by Gasteiger charge is -2.52. The topological polar surface area (TPSA) is 15.3 Å². The van der Waals surface area contributed by atoms with Gasteiger partial charge in [0.1, 0.15) is 0 Å². The van der Waals surface area contributed by atoms with Crippen molar-refractivity contribution < 1.29 is 0 Å². The molecule has 3 aliphatic rings. The molecule has 0 aromatic rings. The van der Waals surface area contributed by atoms with Crippen LogP contribution >= 0.6 is 0 Å². The third-order valence-electron chi connectivity index (χ3n) is 6.04. The zero-order chi connectivity index (χ0) is 13.3.